The molecule has 1 nitrogen and oxygen atoms in total. The van der Waals surface area contributed by atoms with Crippen LogP contribution in [-0.2, 0) is 11.2 Å². The van der Waals surface area contributed by atoms with E-state index in [0.717, 1.165) is 31.2 Å². The van der Waals surface area contributed by atoms with Gasteiger partial charge in [-0.25, -0.2) is 13.2 Å². The second-order valence-electron chi connectivity index (χ2n) is 7.05. The van der Waals surface area contributed by atoms with E-state index in [9.17, 15) is 13.2 Å². The second-order valence-corrected chi connectivity index (χ2v) is 7.05. The standard InChI is InChI=1S/C22H25F3O/c1-3-5-14-6-11-20(26-13-14)16-8-9-17(19(23)12-16)18-10-7-15(4-2)21(24)22(18)25/h7-10,12,14,20H,3-6,11,13H2,1-2H3. The van der Waals surface area contributed by atoms with Gasteiger partial charge >= 0.3 is 0 Å². The number of rotatable bonds is 5. The van der Waals surface area contributed by atoms with E-state index >= 15 is 0 Å². The van der Waals surface area contributed by atoms with Crippen molar-refractivity contribution in [1.29, 1.82) is 0 Å². The van der Waals surface area contributed by atoms with E-state index in [1.54, 1.807) is 13.0 Å². The Morgan fingerprint density at radius 1 is 0.962 bits per heavy atom. The summed E-state index contributed by atoms with van der Waals surface area (Å²) in [5.41, 5.74) is 1.08. The van der Waals surface area contributed by atoms with Crippen molar-refractivity contribution in [2.75, 3.05) is 6.61 Å². The van der Waals surface area contributed by atoms with Crippen molar-refractivity contribution >= 4 is 0 Å². The van der Waals surface area contributed by atoms with Crippen molar-refractivity contribution in [3.63, 3.8) is 0 Å². The molecule has 1 heterocycles. The Labute approximate surface area is 153 Å². The molecule has 0 radical (unpaired) electrons. The summed E-state index contributed by atoms with van der Waals surface area (Å²) in [6.45, 7) is 4.61. The molecular formula is C22H25F3O. The molecule has 1 saturated heterocycles. The molecule has 2 unspecified atom stereocenters. The van der Waals surface area contributed by atoms with Crippen LogP contribution in [0.3, 0.4) is 0 Å². The van der Waals surface area contributed by atoms with Gasteiger partial charge in [0.15, 0.2) is 11.6 Å². The summed E-state index contributed by atoms with van der Waals surface area (Å²) >= 11 is 0. The summed E-state index contributed by atoms with van der Waals surface area (Å²) in [6.07, 6.45) is 4.48. The lowest BCUT2D eigenvalue weighted by Gasteiger charge is -2.29. The van der Waals surface area contributed by atoms with Crippen LogP contribution >= 0.6 is 0 Å². The molecule has 0 bridgehead atoms. The summed E-state index contributed by atoms with van der Waals surface area (Å²) in [7, 11) is 0. The first-order valence-electron chi connectivity index (χ1n) is 9.43. The Balaban J connectivity index is 1.82. The molecule has 2 aromatic carbocycles. The maximum Gasteiger partial charge on any atom is 0.167 e. The summed E-state index contributed by atoms with van der Waals surface area (Å²) in [4.78, 5) is 0. The van der Waals surface area contributed by atoms with Crippen molar-refractivity contribution in [2.24, 2.45) is 5.92 Å². The molecule has 0 amide bonds. The highest BCUT2D eigenvalue weighted by molar-refractivity contribution is 5.66. The Morgan fingerprint density at radius 2 is 1.73 bits per heavy atom. The van der Waals surface area contributed by atoms with E-state index < -0.39 is 17.5 Å². The zero-order valence-electron chi connectivity index (χ0n) is 15.3. The highest BCUT2D eigenvalue weighted by atomic mass is 19.2. The lowest BCUT2D eigenvalue weighted by Crippen LogP contribution is -2.20. The maximum absolute atomic E-state index is 14.6. The molecule has 0 aromatic heterocycles. The molecule has 1 fully saturated rings. The van der Waals surface area contributed by atoms with Crippen LogP contribution in [0.5, 0.6) is 0 Å². The van der Waals surface area contributed by atoms with Gasteiger partial charge in [0.05, 0.1) is 12.7 Å². The number of hydrogen-bond acceptors (Lipinski definition) is 1. The monoisotopic (exact) mass is 362 g/mol. The minimum absolute atomic E-state index is 0.0451. The van der Waals surface area contributed by atoms with E-state index in [2.05, 4.69) is 6.92 Å². The minimum Gasteiger partial charge on any atom is -0.373 e. The quantitative estimate of drug-likeness (QED) is 0.582. The first-order chi connectivity index (χ1) is 12.5. The smallest absolute Gasteiger partial charge is 0.167 e. The third kappa shape index (κ3) is 3.80. The van der Waals surface area contributed by atoms with Gasteiger partial charge in [0, 0.05) is 11.1 Å². The van der Waals surface area contributed by atoms with E-state index in [0.29, 0.717) is 24.5 Å². The van der Waals surface area contributed by atoms with Gasteiger partial charge in [-0.1, -0.05) is 44.5 Å². The van der Waals surface area contributed by atoms with Crippen LogP contribution in [0.25, 0.3) is 11.1 Å². The molecule has 26 heavy (non-hydrogen) atoms. The average molecular weight is 362 g/mol. The van der Waals surface area contributed by atoms with Crippen molar-refractivity contribution < 1.29 is 17.9 Å². The van der Waals surface area contributed by atoms with Gasteiger partial charge < -0.3 is 4.74 Å². The predicted octanol–water partition coefficient (Wildman–Crippen LogP) is 6.60. The van der Waals surface area contributed by atoms with Crippen LogP contribution in [0, 0.1) is 23.4 Å². The molecule has 1 aliphatic heterocycles. The summed E-state index contributed by atoms with van der Waals surface area (Å²) in [5.74, 6) is -1.86. The van der Waals surface area contributed by atoms with Gasteiger partial charge in [-0.05, 0) is 48.8 Å². The maximum atomic E-state index is 14.6. The molecule has 4 heteroatoms. The van der Waals surface area contributed by atoms with Crippen molar-refractivity contribution in [1.82, 2.24) is 0 Å². The van der Waals surface area contributed by atoms with Gasteiger partial charge in [-0.15, -0.1) is 0 Å². The van der Waals surface area contributed by atoms with Crippen LogP contribution in [0.2, 0.25) is 0 Å². The van der Waals surface area contributed by atoms with E-state index in [-0.39, 0.29) is 17.2 Å². The zero-order valence-corrected chi connectivity index (χ0v) is 15.3. The molecular weight excluding hydrogens is 337 g/mol. The van der Waals surface area contributed by atoms with Crippen LogP contribution in [0.1, 0.15) is 56.8 Å². The third-order valence-corrected chi connectivity index (χ3v) is 5.27. The fourth-order valence-electron chi connectivity index (χ4n) is 3.73. The van der Waals surface area contributed by atoms with Crippen molar-refractivity contribution in [3.05, 3.63) is 58.9 Å². The highest BCUT2D eigenvalue weighted by Crippen LogP contribution is 2.35. The number of ether oxygens (including phenoxy) is 1. The molecule has 2 atom stereocenters. The lowest BCUT2D eigenvalue weighted by molar-refractivity contribution is -0.0195. The number of aryl methyl sites for hydroxylation is 1. The number of hydrogen-bond donors (Lipinski definition) is 0. The van der Waals surface area contributed by atoms with Gasteiger partial charge in [-0.2, -0.15) is 0 Å². The molecule has 0 saturated carbocycles. The Morgan fingerprint density at radius 3 is 2.35 bits per heavy atom. The number of benzene rings is 2. The van der Waals surface area contributed by atoms with Gasteiger partial charge in [0.2, 0.25) is 0 Å². The molecule has 0 N–H and O–H groups in total. The molecule has 1 aliphatic rings. The summed E-state index contributed by atoms with van der Waals surface area (Å²) < 4.78 is 48.9. The molecule has 0 aliphatic carbocycles. The Bertz CT molecular complexity index is 764. The fraction of sp³-hybridized carbons (Fsp3) is 0.455. The van der Waals surface area contributed by atoms with Crippen LogP contribution in [0.4, 0.5) is 13.2 Å². The van der Waals surface area contributed by atoms with Crippen molar-refractivity contribution in [2.45, 2.75) is 52.1 Å². The van der Waals surface area contributed by atoms with Crippen molar-refractivity contribution in [3.8, 4) is 11.1 Å². The normalized spacial score (nSPS) is 20.3. The van der Waals surface area contributed by atoms with Crippen LogP contribution in [-0.4, -0.2) is 6.61 Å². The molecule has 3 rings (SSSR count). The van der Waals surface area contributed by atoms with E-state index in [4.69, 9.17) is 4.74 Å². The third-order valence-electron chi connectivity index (χ3n) is 5.27. The lowest BCUT2D eigenvalue weighted by atomic mass is 9.91. The van der Waals surface area contributed by atoms with Crippen LogP contribution < -0.4 is 0 Å². The molecule has 0 spiro atoms. The Hall–Kier alpha value is -1.81. The van der Waals surface area contributed by atoms with Crippen LogP contribution in [0.15, 0.2) is 30.3 Å². The fourth-order valence-corrected chi connectivity index (χ4v) is 3.73. The Kier molecular flexibility index (Phi) is 6.02. The van der Waals surface area contributed by atoms with E-state index in [1.165, 1.54) is 24.3 Å². The van der Waals surface area contributed by atoms with Gasteiger partial charge in [0.1, 0.15) is 5.82 Å². The first kappa shape index (κ1) is 19.0. The van der Waals surface area contributed by atoms with Gasteiger partial charge in [-0.3, -0.25) is 0 Å². The second kappa shape index (κ2) is 8.26. The SMILES string of the molecule is CCCC1CCC(c2ccc(-c3ccc(CC)c(F)c3F)c(F)c2)OC1. The predicted molar refractivity (Wildman–Crippen MR) is 97.5 cm³/mol. The highest BCUT2D eigenvalue weighted by Gasteiger charge is 2.24. The number of halogens is 3. The molecule has 140 valence electrons. The average Bonchev–Trinajstić information content (AvgIpc) is 2.65. The minimum atomic E-state index is -0.993. The molecule has 2 aromatic rings. The van der Waals surface area contributed by atoms with E-state index in [1.807, 2.05) is 0 Å². The first-order valence-corrected chi connectivity index (χ1v) is 9.43. The summed E-state index contributed by atoms with van der Waals surface area (Å²) in [6, 6.07) is 7.64. The largest absolute Gasteiger partial charge is 0.373 e. The topological polar surface area (TPSA) is 9.23 Å². The zero-order chi connectivity index (χ0) is 18.7. The van der Waals surface area contributed by atoms with Gasteiger partial charge in [0.25, 0.3) is 0 Å². The summed E-state index contributed by atoms with van der Waals surface area (Å²) in [5, 5.41) is 0.